The summed E-state index contributed by atoms with van der Waals surface area (Å²) in [5.74, 6) is -0.00306. The fraction of sp³-hybridized carbons (Fsp3) is 0.375. The van der Waals surface area contributed by atoms with Crippen LogP contribution in [0.1, 0.15) is 24.5 Å². The van der Waals surface area contributed by atoms with Crippen molar-refractivity contribution in [1.29, 1.82) is 0 Å². The average molecular weight is 427 g/mol. The molecule has 1 N–H and O–H groups in total. The molecule has 0 saturated heterocycles. The number of aromatic nitrogens is 2. The largest absolute Gasteiger partial charge is 0.323 e. The third-order valence-corrected chi connectivity index (χ3v) is 6.55. The molecule has 3 rings (SSSR count). The Morgan fingerprint density at radius 1 is 1.41 bits per heavy atom. The van der Waals surface area contributed by atoms with Crippen LogP contribution in [0.25, 0.3) is 0 Å². The SMILES string of the molecule is Cc1ccccc1Cn1cc(NC(=O)C2(C)CC2(Br)Br)cn1. The highest BCUT2D eigenvalue weighted by Crippen LogP contribution is 2.66. The maximum Gasteiger partial charge on any atom is 0.232 e. The van der Waals surface area contributed by atoms with Gasteiger partial charge in [0.15, 0.2) is 0 Å². The number of carbonyl (C=O) groups excluding carboxylic acids is 1. The summed E-state index contributed by atoms with van der Waals surface area (Å²) >= 11 is 7.03. The molecule has 1 amide bonds. The second-order valence-electron chi connectivity index (χ2n) is 6.02. The van der Waals surface area contributed by atoms with Gasteiger partial charge in [0.25, 0.3) is 0 Å². The molecule has 1 fully saturated rings. The number of anilines is 1. The van der Waals surface area contributed by atoms with Gasteiger partial charge in [0.05, 0.1) is 27.1 Å². The number of halogens is 2. The zero-order valence-electron chi connectivity index (χ0n) is 12.4. The molecule has 0 bridgehead atoms. The molecule has 22 heavy (non-hydrogen) atoms. The molecular formula is C16H17Br2N3O. The zero-order valence-corrected chi connectivity index (χ0v) is 15.6. The van der Waals surface area contributed by atoms with E-state index in [1.165, 1.54) is 11.1 Å². The first kappa shape index (κ1) is 15.7. The van der Waals surface area contributed by atoms with Crippen LogP contribution in [0, 0.1) is 12.3 Å². The van der Waals surface area contributed by atoms with E-state index in [0.717, 1.165) is 12.1 Å². The van der Waals surface area contributed by atoms with Gasteiger partial charge in [-0.3, -0.25) is 9.48 Å². The Hall–Kier alpha value is -1.14. The van der Waals surface area contributed by atoms with E-state index in [4.69, 9.17) is 0 Å². The molecule has 0 aliphatic heterocycles. The molecule has 0 spiro atoms. The maximum absolute atomic E-state index is 12.3. The third-order valence-electron chi connectivity index (χ3n) is 4.24. The Labute approximate surface area is 146 Å². The molecule has 6 heteroatoms. The van der Waals surface area contributed by atoms with Crippen LogP contribution in [0.5, 0.6) is 0 Å². The van der Waals surface area contributed by atoms with Crippen molar-refractivity contribution >= 4 is 43.5 Å². The minimum atomic E-state index is -0.425. The van der Waals surface area contributed by atoms with Crippen molar-refractivity contribution in [1.82, 2.24) is 9.78 Å². The van der Waals surface area contributed by atoms with Gasteiger partial charge in [0, 0.05) is 6.20 Å². The van der Waals surface area contributed by atoms with Gasteiger partial charge >= 0.3 is 0 Å². The highest BCUT2D eigenvalue weighted by Gasteiger charge is 2.66. The van der Waals surface area contributed by atoms with E-state index in [1.807, 2.05) is 29.9 Å². The van der Waals surface area contributed by atoms with Gasteiger partial charge in [-0.05, 0) is 31.4 Å². The number of rotatable bonds is 4. The second-order valence-corrected chi connectivity index (χ2v) is 9.79. The van der Waals surface area contributed by atoms with E-state index in [0.29, 0.717) is 6.54 Å². The summed E-state index contributed by atoms with van der Waals surface area (Å²) < 4.78 is 1.55. The summed E-state index contributed by atoms with van der Waals surface area (Å²) in [4.78, 5) is 12.3. The normalized spacial score (nSPS) is 22.4. The molecule has 1 aromatic heterocycles. The van der Waals surface area contributed by atoms with Crippen LogP contribution in [0.2, 0.25) is 0 Å². The van der Waals surface area contributed by atoms with Crippen LogP contribution >= 0.6 is 31.9 Å². The van der Waals surface area contributed by atoms with E-state index in [-0.39, 0.29) is 9.14 Å². The van der Waals surface area contributed by atoms with Crippen molar-refractivity contribution in [2.45, 2.75) is 30.0 Å². The highest BCUT2D eigenvalue weighted by atomic mass is 79.9. The van der Waals surface area contributed by atoms with Crippen LogP contribution in [-0.4, -0.2) is 18.9 Å². The summed E-state index contributed by atoms with van der Waals surface area (Å²) in [6, 6.07) is 8.22. The number of nitrogens with one attached hydrogen (secondary N) is 1. The van der Waals surface area contributed by atoms with Gasteiger partial charge in [-0.1, -0.05) is 56.1 Å². The Morgan fingerprint density at radius 3 is 2.73 bits per heavy atom. The van der Waals surface area contributed by atoms with Crippen molar-refractivity contribution in [3.05, 3.63) is 47.8 Å². The first-order valence-electron chi connectivity index (χ1n) is 7.08. The first-order chi connectivity index (χ1) is 10.3. The Kier molecular flexibility index (Phi) is 3.93. The number of nitrogens with zero attached hydrogens (tertiary/aromatic N) is 2. The fourth-order valence-electron chi connectivity index (χ4n) is 2.39. The monoisotopic (exact) mass is 425 g/mol. The summed E-state index contributed by atoms with van der Waals surface area (Å²) in [6.07, 6.45) is 4.31. The summed E-state index contributed by atoms with van der Waals surface area (Å²) in [5.41, 5.74) is 2.75. The van der Waals surface area contributed by atoms with Gasteiger partial charge in [-0.25, -0.2) is 0 Å². The zero-order chi connectivity index (χ0) is 16.0. The molecule has 1 aromatic carbocycles. The minimum absolute atomic E-state index is 0.00306. The number of amides is 1. The van der Waals surface area contributed by atoms with Gasteiger partial charge in [-0.15, -0.1) is 0 Å². The van der Waals surface area contributed by atoms with Crippen molar-refractivity contribution in [3.63, 3.8) is 0 Å². The van der Waals surface area contributed by atoms with Crippen molar-refractivity contribution in [3.8, 4) is 0 Å². The van der Waals surface area contributed by atoms with Crippen molar-refractivity contribution < 1.29 is 4.79 Å². The van der Waals surface area contributed by atoms with Crippen molar-refractivity contribution in [2.24, 2.45) is 5.41 Å². The van der Waals surface area contributed by atoms with Gasteiger partial charge in [0.1, 0.15) is 0 Å². The number of alkyl halides is 2. The molecule has 1 aliphatic carbocycles. The van der Waals surface area contributed by atoms with Crippen LogP contribution in [0.15, 0.2) is 36.7 Å². The van der Waals surface area contributed by atoms with Crippen LogP contribution in [0.3, 0.4) is 0 Å². The number of hydrogen-bond acceptors (Lipinski definition) is 2. The van der Waals surface area contributed by atoms with Crippen LogP contribution < -0.4 is 5.32 Å². The van der Waals surface area contributed by atoms with Crippen molar-refractivity contribution in [2.75, 3.05) is 5.32 Å². The smallest absolute Gasteiger partial charge is 0.232 e. The number of hydrogen-bond donors (Lipinski definition) is 1. The molecule has 1 aliphatic rings. The molecule has 0 radical (unpaired) electrons. The second kappa shape index (κ2) is 5.49. The standard InChI is InChI=1S/C16H17Br2N3O/c1-11-5-3-4-6-12(11)8-21-9-13(7-19-21)20-14(22)15(2)10-16(15,17)18/h3-7,9H,8,10H2,1-2H3,(H,20,22). The van der Waals surface area contributed by atoms with Gasteiger partial charge in [-0.2, -0.15) is 5.10 Å². The molecule has 2 aromatic rings. The molecule has 1 saturated carbocycles. The predicted octanol–water partition coefficient (Wildman–Crippen LogP) is 4.07. The number of benzene rings is 1. The van der Waals surface area contributed by atoms with E-state index in [9.17, 15) is 4.79 Å². The molecule has 1 atom stereocenters. The molecule has 116 valence electrons. The maximum atomic E-state index is 12.3. The summed E-state index contributed by atoms with van der Waals surface area (Å²) in [6.45, 7) is 4.71. The van der Waals surface area contributed by atoms with E-state index in [2.05, 4.69) is 61.3 Å². The summed E-state index contributed by atoms with van der Waals surface area (Å²) in [7, 11) is 0. The molecule has 1 heterocycles. The molecular weight excluding hydrogens is 410 g/mol. The Morgan fingerprint density at radius 2 is 2.09 bits per heavy atom. The minimum Gasteiger partial charge on any atom is -0.323 e. The number of carbonyl (C=O) groups is 1. The van der Waals surface area contributed by atoms with Gasteiger partial charge < -0.3 is 5.32 Å². The highest BCUT2D eigenvalue weighted by molar-refractivity contribution is 9.25. The fourth-order valence-corrected chi connectivity index (χ4v) is 3.87. The van der Waals surface area contributed by atoms with E-state index in [1.54, 1.807) is 6.20 Å². The predicted molar refractivity (Wildman–Crippen MR) is 94.4 cm³/mol. The Bertz CT molecular complexity index is 726. The van der Waals surface area contributed by atoms with Crippen LogP contribution in [-0.2, 0) is 11.3 Å². The third kappa shape index (κ3) is 2.86. The average Bonchev–Trinajstić information content (AvgIpc) is 2.80. The Balaban J connectivity index is 1.67. The topological polar surface area (TPSA) is 46.9 Å². The number of aryl methyl sites for hydroxylation is 1. The van der Waals surface area contributed by atoms with E-state index < -0.39 is 5.41 Å². The lowest BCUT2D eigenvalue weighted by atomic mass is 10.1. The molecule has 4 nitrogen and oxygen atoms in total. The van der Waals surface area contributed by atoms with Crippen LogP contribution in [0.4, 0.5) is 5.69 Å². The quantitative estimate of drug-likeness (QED) is 0.749. The summed E-state index contributed by atoms with van der Waals surface area (Å²) in [5, 5.41) is 7.26. The lowest BCUT2D eigenvalue weighted by Gasteiger charge is -2.11. The van der Waals surface area contributed by atoms with Gasteiger partial charge in [0.2, 0.25) is 5.91 Å². The lowest BCUT2D eigenvalue weighted by molar-refractivity contribution is -0.120. The first-order valence-corrected chi connectivity index (χ1v) is 8.67. The molecule has 1 unspecified atom stereocenters. The van der Waals surface area contributed by atoms with E-state index >= 15 is 0 Å². The lowest BCUT2D eigenvalue weighted by Crippen LogP contribution is -2.25.